The number of hydrogen-bond donors (Lipinski definition) is 1. The Morgan fingerprint density at radius 2 is 2.17 bits per heavy atom. The third kappa shape index (κ3) is 1.94. The van der Waals surface area contributed by atoms with Gasteiger partial charge in [0, 0.05) is 7.05 Å². The Hall–Kier alpha value is -2.32. The van der Waals surface area contributed by atoms with E-state index in [1.807, 2.05) is 0 Å². The lowest BCUT2D eigenvalue weighted by Gasteiger charge is -1.98. The maximum atomic E-state index is 12.4. The summed E-state index contributed by atoms with van der Waals surface area (Å²) in [5.41, 5.74) is -1.57. The first kappa shape index (κ1) is 12.1. The van der Waals surface area contributed by atoms with E-state index in [2.05, 4.69) is 14.8 Å². The van der Waals surface area contributed by atoms with Crippen molar-refractivity contribution in [3.8, 4) is 11.5 Å². The molecule has 0 aliphatic rings. The fourth-order valence-corrected chi connectivity index (χ4v) is 1.39. The number of carboxylic acid groups (broad SMARTS) is 1. The van der Waals surface area contributed by atoms with Crippen molar-refractivity contribution in [3.05, 3.63) is 23.5 Å². The van der Waals surface area contributed by atoms with Crippen LogP contribution in [0.5, 0.6) is 0 Å². The van der Waals surface area contributed by atoms with Crippen molar-refractivity contribution >= 4 is 5.97 Å². The number of nitrogens with zero attached hydrogens (tertiary/aromatic N) is 3. The molecule has 0 spiro atoms. The number of aromatic carboxylic acids is 1. The monoisotopic (exact) mass is 261 g/mol. The summed E-state index contributed by atoms with van der Waals surface area (Å²) in [6.45, 7) is 0. The maximum absolute atomic E-state index is 12.4. The first-order valence-corrected chi connectivity index (χ1v) is 4.60. The van der Waals surface area contributed by atoms with Gasteiger partial charge in [-0.1, -0.05) is 5.16 Å². The Labute approximate surface area is 97.6 Å². The summed E-state index contributed by atoms with van der Waals surface area (Å²) in [4.78, 5) is 10.8. The van der Waals surface area contributed by atoms with Crippen molar-refractivity contribution in [2.45, 2.75) is 6.18 Å². The number of aromatic nitrogens is 3. The molecule has 96 valence electrons. The van der Waals surface area contributed by atoms with E-state index in [0.717, 1.165) is 10.9 Å². The van der Waals surface area contributed by atoms with E-state index in [4.69, 9.17) is 5.11 Å². The summed E-state index contributed by atoms with van der Waals surface area (Å²) < 4.78 is 42.9. The van der Waals surface area contributed by atoms with Gasteiger partial charge in [0.05, 0.1) is 6.20 Å². The quantitative estimate of drug-likeness (QED) is 0.891. The van der Waals surface area contributed by atoms with Gasteiger partial charge >= 0.3 is 12.1 Å². The van der Waals surface area contributed by atoms with Crippen molar-refractivity contribution in [1.29, 1.82) is 0 Å². The third-order valence-electron chi connectivity index (χ3n) is 2.20. The van der Waals surface area contributed by atoms with Gasteiger partial charge in [-0.15, -0.1) is 0 Å². The Morgan fingerprint density at radius 1 is 1.50 bits per heavy atom. The van der Waals surface area contributed by atoms with Gasteiger partial charge in [0.2, 0.25) is 0 Å². The SMILES string of the molecule is Cn1nc(C(F)(F)F)cc1-c1oncc1C(=O)O. The van der Waals surface area contributed by atoms with E-state index < -0.39 is 17.8 Å². The Bertz CT molecular complexity index is 600. The molecule has 9 heteroatoms. The summed E-state index contributed by atoms with van der Waals surface area (Å²) in [6, 6.07) is 0.701. The summed E-state index contributed by atoms with van der Waals surface area (Å²) in [7, 11) is 1.25. The van der Waals surface area contributed by atoms with Crippen molar-refractivity contribution in [2.24, 2.45) is 7.05 Å². The molecule has 0 fully saturated rings. The fourth-order valence-electron chi connectivity index (χ4n) is 1.39. The molecular weight excluding hydrogens is 255 g/mol. The summed E-state index contributed by atoms with van der Waals surface area (Å²) in [5, 5.41) is 15.3. The molecule has 1 N–H and O–H groups in total. The van der Waals surface area contributed by atoms with Crippen LogP contribution in [-0.2, 0) is 13.2 Å². The predicted molar refractivity (Wildman–Crippen MR) is 50.7 cm³/mol. The van der Waals surface area contributed by atoms with Crippen molar-refractivity contribution in [1.82, 2.24) is 14.9 Å². The van der Waals surface area contributed by atoms with Crippen LogP contribution in [0.3, 0.4) is 0 Å². The zero-order valence-corrected chi connectivity index (χ0v) is 8.89. The van der Waals surface area contributed by atoms with Gasteiger partial charge in [-0.2, -0.15) is 18.3 Å². The minimum absolute atomic E-state index is 0.114. The second-order valence-electron chi connectivity index (χ2n) is 3.41. The smallest absolute Gasteiger partial charge is 0.435 e. The molecule has 18 heavy (non-hydrogen) atoms. The zero-order chi connectivity index (χ0) is 13.5. The van der Waals surface area contributed by atoms with Gasteiger partial charge in [0.25, 0.3) is 0 Å². The van der Waals surface area contributed by atoms with Crippen LogP contribution in [0.1, 0.15) is 16.1 Å². The average molecular weight is 261 g/mol. The molecule has 0 unspecified atom stereocenters. The van der Waals surface area contributed by atoms with Gasteiger partial charge in [0.15, 0.2) is 11.5 Å². The summed E-state index contributed by atoms with van der Waals surface area (Å²) in [6.07, 6.45) is -3.70. The van der Waals surface area contributed by atoms with Crippen molar-refractivity contribution < 1.29 is 27.6 Å². The maximum Gasteiger partial charge on any atom is 0.435 e. The minimum Gasteiger partial charge on any atom is -0.477 e. The first-order chi connectivity index (χ1) is 8.30. The van der Waals surface area contributed by atoms with Gasteiger partial charge < -0.3 is 9.63 Å². The van der Waals surface area contributed by atoms with Crippen LogP contribution in [0.25, 0.3) is 11.5 Å². The number of aryl methyl sites for hydroxylation is 1. The number of halogens is 3. The largest absolute Gasteiger partial charge is 0.477 e. The molecule has 6 nitrogen and oxygen atoms in total. The molecule has 0 saturated heterocycles. The molecule has 0 aliphatic heterocycles. The molecule has 2 rings (SSSR count). The van der Waals surface area contributed by atoms with Gasteiger partial charge in [-0.25, -0.2) is 4.79 Å². The lowest BCUT2D eigenvalue weighted by Crippen LogP contribution is -2.06. The predicted octanol–water partition coefficient (Wildman–Crippen LogP) is 1.79. The van der Waals surface area contributed by atoms with Crippen LogP contribution < -0.4 is 0 Å². The molecule has 0 atom stereocenters. The number of alkyl halides is 3. The van der Waals surface area contributed by atoms with Crippen LogP contribution >= 0.6 is 0 Å². The first-order valence-electron chi connectivity index (χ1n) is 4.60. The van der Waals surface area contributed by atoms with Crippen molar-refractivity contribution in [2.75, 3.05) is 0 Å². The van der Waals surface area contributed by atoms with E-state index in [9.17, 15) is 18.0 Å². The molecule has 2 aromatic heterocycles. The summed E-state index contributed by atoms with van der Waals surface area (Å²) in [5.74, 6) is -1.62. The van der Waals surface area contributed by atoms with E-state index >= 15 is 0 Å². The molecule has 2 heterocycles. The highest BCUT2D eigenvalue weighted by Gasteiger charge is 2.35. The normalized spacial score (nSPS) is 11.8. The zero-order valence-electron chi connectivity index (χ0n) is 8.89. The van der Waals surface area contributed by atoms with E-state index in [-0.39, 0.29) is 17.0 Å². The number of rotatable bonds is 2. The van der Waals surface area contributed by atoms with Crippen LogP contribution in [0, 0.1) is 0 Å². The molecule has 0 bridgehead atoms. The minimum atomic E-state index is -4.61. The van der Waals surface area contributed by atoms with Crippen LogP contribution in [0.15, 0.2) is 16.8 Å². The number of hydrogen-bond acceptors (Lipinski definition) is 4. The van der Waals surface area contributed by atoms with Crippen molar-refractivity contribution in [3.63, 3.8) is 0 Å². The van der Waals surface area contributed by atoms with E-state index in [1.165, 1.54) is 7.05 Å². The van der Waals surface area contributed by atoms with Crippen LogP contribution in [0.2, 0.25) is 0 Å². The van der Waals surface area contributed by atoms with E-state index in [1.54, 1.807) is 0 Å². The van der Waals surface area contributed by atoms with Crippen LogP contribution in [0.4, 0.5) is 13.2 Å². The van der Waals surface area contributed by atoms with Gasteiger partial charge in [-0.3, -0.25) is 4.68 Å². The fraction of sp³-hybridized carbons (Fsp3) is 0.222. The number of carbonyl (C=O) groups is 1. The molecule has 0 aromatic carbocycles. The lowest BCUT2D eigenvalue weighted by molar-refractivity contribution is -0.141. The Morgan fingerprint density at radius 3 is 2.67 bits per heavy atom. The highest BCUT2D eigenvalue weighted by molar-refractivity contribution is 5.93. The topological polar surface area (TPSA) is 81.2 Å². The van der Waals surface area contributed by atoms with E-state index in [0.29, 0.717) is 6.07 Å². The standard InChI is InChI=1S/C9H6F3N3O3/c1-15-5(2-6(14-15)9(10,11)12)7-4(8(16)17)3-13-18-7/h2-3H,1H3,(H,16,17). The second kappa shape index (κ2) is 3.86. The molecular formula is C9H6F3N3O3. The third-order valence-corrected chi connectivity index (χ3v) is 2.20. The molecule has 0 amide bonds. The summed E-state index contributed by atoms with van der Waals surface area (Å²) >= 11 is 0. The Kier molecular flexibility index (Phi) is 2.60. The lowest BCUT2D eigenvalue weighted by atomic mass is 10.2. The highest BCUT2D eigenvalue weighted by atomic mass is 19.4. The number of carboxylic acids is 1. The van der Waals surface area contributed by atoms with Crippen LogP contribution in [-0.4, -0.2) is 26.0 Å². The average Bonchev–Trinajstić information content (AvgIpc) is 2.81. The molecule has 0 radical (unpaired) electrons. The molecule has 0 aliphatic carbocycles. The second-order valence-corrected chi connectivity index (χ2v) is 3.41. The molecule has 0 saturated carbocycles. The molecule has 2 aromatic rings. The highest BCUT2D eigenvalue weighted by Crippen LogP contribution is 2.32. The van der Waals surface area contributed by atoms with Gasteiger partial charge in [0.1, 0.15) is 11.3 Å². The Balaban J connectivity index is 2.55. The van der Waals surface area contributed by atoms with Gasteiger partial charge in [-0.05, 0) is 6.07 Å².